The number of hydrogen-bond acceptors (Lipinski definition) is 6. The number of amides is 1. The summed E-state index contributed by atoms with van der Waals surface area (Å²) in [6.45, 7) is 5.81. The van der Waals surface area contributed by atoms with Crippen LogP contribution >= 0.6 is 0 Å². The Balaban J connectivity index is 0.00000149. The van der Waals surface area contributed by atoms with Gasteiger partial charge in [0.05, 0.1) is 11.4 Å². The lowest BCUT2D eigenvalue weighted by Gasteiger charge is -2.10. The van der Waals surface area contributed by atoms with E-state index in [1.807, 2.05) is 75.4 Å². The van der Waals surface area contributed by atoms with Crippen molar-refractivity contribution in [1.29, 1.82) is 5.41 Å². The van der Waals surface area contributed by atoms with Crippen LogP contribution in [0, 0.1) is 12.3 Å². The van der Waals surface area contributed by atoms with Gasteiger partial charge in [-0.1, -0.05) is 68.4 Å². The predicted molar refractivity (Wildman–Crippen MR) is 131 cm³/mol. The lowest BCUT2D eigenvalue weighted by molar-refractivity contribution is -0.117. The lowest BCUT2D eigenvalue weighted by atomic mass is 10.0. The molecular formula is C25H26N6O2. The summed E-state index contributed by atoms with van der Waals surface area (Å²) in [5.74, 6) is -0.723. The fourth-order valence-corrected chi connectivity index (χ4v) is 3.13. The molecule has 0 radical (unpaired) electrons. The molecule has 4 rings (SSSR count). The molecule has 1 amide bonds. The van der Waals surface area contributed by atoms with Crippen LogP contribution in [0.25, 0.3) is 0 Å². The third kappa shape index (κ3) is 5.68. The molecule has 33 heavy (non-hydrogen) atoms. The topological polar surface area (TPSA) is 126 Å². The monoisotopic (exact) mass is 442 g/mol. The highest BCUT2D eigenvalue weighted by Crippen LogP contribution is 2.24. The quantitative estimate of drug-likeness (QED) is 0.420. The minimum absolute atomic E-state index is 0.269. The minimum atomic E-state index is -1.18. The lowest BCUT2D eigenvalue weighted by Crippen LogP contribution is -2.29. The number of anilines is 1. The Morgan fingerprint density at radius 2 is 1.73 bits per heavy atom. The molecule has 2 heterocycles. The van der Waals surface area contributed by atoms with Gasteiger partial charge in [0, 0.05) is 16.8 Å². The van der Waals surface area contributed by atoms with Gasteiger partial charge in [-0.15, -0.1) is 0 Å². The molecule has 0 spiro atoms. The molecule has 1 aromatic heterocycles. The first-order chi connectivity index (χ1) is 16.0. The van der Waals surface area contributed by atoms with E-state index in [1.54, 1.807) is 18.2 Å². The van der Waals surface area contributed by atoms with Gasteiger partial charge in [0.15, 0.2) is 0 Å². The van der Waals surface area contributed by atoms with Crippen molar-refractivity contribution < 1.29 is 9.53 Å². The molecule has 0 saturated carbocycles. The zero-order valence-corrected chi connectivity index (χ0v) is 18.7. The fourth-order valence-electron chi connectivity index (χ4n) is 3.13. The number of carbonyl (C=O) groups excluding carboxylic acids is 1. The van der Waals surface area contributed by atoms with Crippen molar-refractivity contribution in [1.82, 2.24) is 4.98 Å². The maximum atomic E-state index is 12.8. The molecule has 0 aliphatic carbocycles. The number of nitrogens with zero attached hydrogens (tertiary/aromatic N) is 3. The van der Waals surface area contributed by atoms with E-state index < -0.39 is 12.1 Å². The second kappa shape index (κ2) is 10.8. The smallest absolute Gasteiger partial charge is 0.291 e. The molecule has 8 nitrogen and oxygen atoms in total. The van der Waals surface area contributed by atoms with Crippen LogP contribution in [0.1, 0.15) is 36.4 Å². The average Bonchev–Trinajstić information content (AvgIpc) is 2.97. The van der Waals surface area contributed by atoms with Crippen molar-refractivity contribution in [2.24, 2.45) is 15.7 Å². The first-order valence-corrected chi connectivity index (χ1v) is 10.6. The molecular weight excluding hydrogens is 416 g/mol. The molecule has 0 bridgehead atoms. The van der Waals surface area contributed by atoms with Gasteiger partial charge >= 0.3 is 0 Å². The molecule has 2 aromatic carbocycles. The molecule has 1 aliphatic heterocycles. The van der Waals surface area contributed by atoms with E-state index in [9.17, 15) is 4.79 Å². The van der Waals surface area contributed by atoms with E-state index in [4.69, 9.17) is 15.9 Å². The van der Waals surface area contributed by atoms with Crippen LogP contribution < -0.4 is 11.1 Å². The summed E-state index contributed by atoms with van der Waals surface area (Å²) in [5.41, 5.74) is 9.78. The zero-order chi connectivity index (χ0) is 23.8. The highest BCUT2D eigenvalue weighted by atomic mass is 16.5. The van der Waals surface area contributed by atoms with Crippen LogP contribution in [0.2, 0.25) is 0 Å². The van der Waals surface area contributed by atoms with E-state index in [0.717, 1.165) is 16.8 Å². The number of amidine groups is 1. The minimum Gasteiger partial charge on any atom is -0.405 e. The average molecular weight is 443 g/mol. The molecule has 8 heteroatoms. The Morgan fingerprint density at radius 1 is 1.03 bits per heavy atom. The number of para-hydroxylation sites is 1. The Labute approximate surface area is 192 Å². The number of carbonyl (C=O) groups is 1. The Bertz CT molecular complexity index is 1200. The van der Waals surface area contributed by atoms with E-state index in [2.05, 4.69) is 20.3 Å². The highest BCUT2D eigenvalue weighted by Gasteiger charge is 2.26. The van der Waals surface area contributed by atoms with Crippen molar-refractivity contribution in [3.63, 3.8) is 0 Å². The maximum absolute atomic E-state index is 12.8. The van der Waals surface area contributed by atoms with E-state index in [1.165, 1.54) is 0 Å². The number of ether oxygens (including phenoxy) is 1. The summed E-state index contributed by atoms with van der Waals surface area (Å²) >= 11 is 0. The number of benzene rings is 2. The number of aromatic nitrogens is 1. The zero-order valence-electron chi connectivity index (χ0n) is 18.7. The third-order valence-electron chi connectivity index (χ3n) is 4.55. The maximum Gasteiger partial charge on any atom is 0.291 e. The van der Waals surface area contributed by atoms with Crippen LogP contribution in [-0.4, -0.2) is 34.7 Å². The second-order valence-corrected chi connectivity index (χ2v) is 6.81. The van der Waals surface area contributed by atoms with Crippen LogP contribution in [-0.2, 0) is 9.53 Å². The van der Waals surface area contributed by atoms with Crippen LogP contribution in [0.5, 0.6) is 0 Å². The number of nitrogens with one attached hydrogen (secondary N) is 2. The summed E-state index contributed by atoms with van der Waals surface area (Å²) in [7, 11) is 0. The van der Waals surface area contributed by atoms with Gasteiger partial charge in [-0.2, -0.15) is 4.99 Å². The van der Waals surface area contributed by atoms with Gasteiger partial charge in [0.1, 0.15) is 5.69 Å². The Hall–Kier alpha value is -4.33. The first kappa shape index (κ1) is 23.3. The third-order valence-corrected chi connectivity index (χ3v) is 4.55. The number of hydrogen-bond donors (Lipinski definition) is 3. The molecule has 1 unspecified atom stereocenters. The van der Waals surface area contributed by atoms with Crippen molar-refractivity contribution in [3.8, 4) is 0 Å². The molecule has 1 aliphatic rings. The van der Waals surface area contributed by atoms with Crippen molar-refractivity contribution >= 4 is 29.2 Å². The van der Waals surface area contributed by atoms with E-state index in [0.29, 0.717) is 17.1 Å². The predicted octanol–water partition coefficient (Wildman–Crippen LogP) is 3.89. The van der Waals surface area contributed by atoms with Gasteiger partial charge < -0.3 is 15.8 Å². The summed E-state index contributed by atoms with van der Waals surface area (Å²) in [6, 6.07) is 21.7. The molecule has 168 valence electrons. The molecule has 1 atom stereocenters. The van der Waals surface area contributed by atoms with Crippen LogP contribution in [0.4, 0.5) is 5.69 Å². The number of pyridine rings is 1. The van der Waals surface area contributed by atoms with Gasteiger partial charge in [-0.3, -0.25) is 10.2 Å². The second-order valence-electron chi connectivity index (χ2n) is 6.81. The van der Waals surface area contributed by atoms with Gasteiger partial charge in [0.2, 0.25) is 12.1 Å². The number of benzodiazepines with no additional fused rings is 1. The highest BCUT2D eigenvalue weighted by molar-refractivity contribution is 6.19. The number of nitrogens with two attached hydrogens (primary N) is 1. The summed E-state index contributed by atoms with van der Waals surface area (Å²) in [5, 5.41) is 10.9. The Kier molecular flexibility index (Phi) is 7.64. The SMILES string of the molecule is CC.Cc1cccc(C(=N)O/C(N)=N/C2N=C(c3ccccc3)c3ccccc3NC2=O)n1. The summed E-state index contributed by atoms with van der Waals surface area (Å²) in [4.78, 5) is 25.7. The number of aryl methyl sites for hydroxylation is 1. The van der Waals surface area contributed by atoms with Gasteiger partial charge in [0.25, 0.3) is 11.9 Å². The largest absolute Gasteiger partial charge is 0.405 e. The first-order valence-electron chi connectivity index (χ1n) is 10.6. The van der Waals surface area contributed by atoms with Crippen LogP contribution in [0.15, 0.2) is 82.8 Å². The van der Waals surface area contributed by atoms with Crippen molar-refractivity contribution in [2.75, 3.05) is 5.32 Å². The number of rotatable bonds is 3. The molecule has 3 aromatic rings. The van der Waals surface area contributed by atoms with Gasteiger partial charge in [-0.05, 0) is 25.1 Å². The molecule has 0 fully saturated rings. The molecule has 4 N–H and O–H groups in total. The van der Waals surface area contributed by atoms with Crippen molar-refractivity contribution in [2.45, 2.75) is 26.9 Å². The van der Waals surface area contributed by atoms with Crippen molar-refractivity contribution in [3.05, 3.63) is 95.3 Å². The summed E-state index contributed by atoms with van der Waals surface area (Å²) in [6.07, 6.45) is -1.18. The van der Waals surface area contributed by atoms with E-state index in [-0.39, 0.29) is 11.9 Å². The Morgan fingerprint density at radius 3 is 2.45 bits per heavy atom. The van der Waals surface area contributed by atoms with Gasteiger partial charge in [-0.25, -0.2) is 9.98 Å². The normalized spacial score (nSPS) is 15.1. The van der Waals surface area contributed by atoms with E-state index >= 15 is 0 Å². The standard InChI is InChI=1S/C23H20N6O2.C2H6/c1-14-8-7-13-18(26-14)20(24)31-23(25)29-21-22(30)27-17-12-6-5-11-16(17)19(28-21)15-9-3-2-4-10-15;1-2/h2-13,21,24H,1H3,(H2,25,29)(H,27,30);1-2H3. The summed E-state index contributed by atoms with van der Waals surface area (Å²) < 4.78 is 5.30. The number of fused-ring (bicyclic) bond motifs is 1. The fraction of sp³-hybridized carbons (Fsp3) is 0.160. The van der Waals surface area contributed by atoms with Crippen LogP contribution in [0.3, 0.4) is 0 Å². The number of aliphatic imine (C=N–C) groups is 2. The molecule has 0 saturated heterocycles.